The number of rotatable bonds is 7. The lowest BCUT2D eigenvalue weighted by Gasteiger charge is -2.29. The minimum absolute atomic E-state index is 0.0815. The predicted octanol–water partition coefficient (Wildman–Crippen LogP) is 4.13. The van der Waals surface area contributed by atoms with Crippen molar-refractivity contribution in [1.82, 2.24) is 9.62 Å². The highest BCUT2D eigenvalue weighted by atomic mass is 35.5. The topological polar surface area (TPSA) is 84.9 Å². The van der Waals surface area contributed by atoms with Crippen LogP contribution in [0.4, 0.5) is 0 Å². The molecular formula is C27H29ClN2O5S. The Morgan fingerprint density at radius 1 is 1.08 bits per heavy atom. The fraction of sp³-hybridized carbons (Fsp3) is 0.370. The molecule has 1 saturated heterocycles. The normalized spacial score (nSPS) is 18.5. The third kappa shape index (κ3) is 5.22. The fourth-order valence-corrected chi connectivity index (χ4v) is 6.58. The summed E-state index contributed by atoms with van der Waals surface area (Å²) in [5, 5.41) is 1.93. The Labute approximate surface area is 216 Å². The molecule has 7 nitrogen and oxygen atoms in total. The molecule has 190 valence electrons. The quantitative estimate of drug-likeness (QED) is 0.496. The number of carbonyl (C=O) groups is 1. The fourth-order valence-electron chi connectivity index (χ4n) is 5.07. The lowest BCUT2D eigenvalue weighted by atomic mass is 9.81. The van der Waals surface area contributed by atoms with E-state index < -0.39 is 21.8 Å². The Morgan fingerprint density at radius 3 is 2.69 bits per heavy atom. The van der Waals surface area contributed by atoms with Crippen molar-refractivity contribution in [1.29, 1.82) is 0 Å². The molecule has 0 aromatic heterocycles. The highest BCUT2D eigenvalue weighted by Crippen LogP contribution is 2.42. The summed E-state index contributed by atoms with van der Waals surface area (Å²) in [7, 11) is -4.08. The van der Waals surface area contributed by atoms with Crippen LogP contribution in [-0.2, 0) is 26.0 Å². The maximum atomic E-state index is 13.5. The van der Waals surface area contributed by atoms with Crippen molar-refractivity contribution in [3.63, 3.8) is 0 Å². The molecule has 1 atom stereocenters. The third-order valence-corrected chi connectivity index (χ3v) is 8.65. The van der Waals surface area contributed by atoms with Crippen LogP contribution in [0.25, 0.3) is 10.8 Å². The van der Waals surface area contributed by atoms with Crippen LogP contribution in [0.15, 0.2) is 59.5 Å². The maximum Gasteiger partial charge on any atom is 0.264 e. The molecule has 3 aromatic rings. The molecule has 3 aromatic carbocycles. The smallest absolute Gasteiger partial charge is 0.264 e. The van der Waals surface area contributed by atoms with Gasteiger partial charge in [-0.05, 0) is 48.4 Å². The Hall–Kier alpha value is -2.65. The Morgan fingerprint density at radius 2 is 1.86 bits per heavy atom. The summed E-state index contributed by atoms with van der Waals surface area (Å²) in [6.07, 6.45) is 1.97. The second-order valence-electron chi connectivity index (χ2n) is 9.13. The summed E-state index contributed by atoms with van der Waals surface area (Å²) in [6.45, 7) is 4.34. The first-order valence-electron chi connectivity index (χ1n) is 12.2. The molecule has 2 aliphatic rings. The molecule has 36 heavy (non-hydrogen) atoms. The van der Waals surface area contributed by atoms with Crippen LogP contribution in [-0.4, -0.2) is 58.7 Å². The first kappa shape index (κ1) is 25.0. The Balaban J connectivity index is 1.39. The second-order valence-corrected chi connectivity index (χ2v) is 11.2. The number of ether oxygens (including phenoxy) is 2. The van der Waals surface area contributed by atoms with Crippen LogP contribution < -0.4 is 9.46 Å². The zero-order valence-corrected chi connectivity index (χ0v) is 21.5. The van der Waals surface area contributed by atoms with E-state index in [4.69, 9.17) is 21.1 Å². The van der Waals surface area contributed by atoms with Crippen molar-refractivity contribution in [2.75, 3.05) is 39.5 Å². The van der Waals surface area contributed by atoms with E-state index in [1.165, 1.54) is 6.07 Å². The second kappa shape index (κ2) is 10.8. The number of hydrogen-bond acceptors (Lipinski definition) is 6. The summed E-state index contributed by atoms with van der Waals surface area (Å²) in [5.41, 5.74) is 1.55. The van der Waals surface area contributed by atoms with Gasteiger partial charge < -0.3 is 9.47 Å². The van der Waals surface area contributed by atoms with Gasteiger partial charge in [0.2, 0.25) is 5.91 Å². The van der Waals surface area contributed by atoms with E-state index in [0.717, 1.165) is 37.0 Å². The molecule has 1 aliphatic heterocycles. The SMILES string of the molecule is O=C(NS(=O)(=O)c1cccc2ccccc12)C1CCCc2c(Cl)ccc(OCCN3CCOCC3)c21. The summed E-state index contributed by atoms with van der Waals surface area (Å²) >= 11 is 6.51. The van der Waals surface area contributed by atoms with E-state index in [9.17, 15) is 13.2 Å². The lowest BCUT2D eigenvalue weighted by Crippen LogP contribution is -2.39. The van der Waals surface area contributed by atoms with E-state index in [1.807, 2.05) is 18.2 Å². The van der Waals surface area contributed by atoms with Gasteiger partial charge in [0.25, 0.3) is 10.0 Å². The van der Waals surface area contributed by atoms with E-state index >= 15 is 0 Å². The van der Waals surface area contributed by atoms with Crippen LogP contribution in [0.1, 0.15) is 29.9 Å². The number of morpholine rings is 1. The van der Waals surface area contributed by atoms with Gasteiger partial charge in [-0.25, -0.2) is 13.1 Å². The standard InChI is InChI=1S/C27H29ClN2O5S/c28-23-11-12-24(35-18-15-30-13-16-34-17-14-30)26-21(23)8-4-9-22(26)27(31)29-36(32,33)25-10-3-6-19-5-1-2-7-20(19)25/h1-3,5-7,10-12,22H,4,8-9,13-18H2,(H,29,31). The first-order chi connectivity index (χ1) is 17.4. The van der Waals surface area contributed by atoms with E-state index in [2.05, 4.69) is 9.62 Å². The molecule has 0 radical (unpaired) electrons. The Bertz CT molecular complexity index is 1370. The van der Waals surface area contributed by atoms with Gasteiger partial charge in [0.15, 0.2) is 0 Å². The summed E-state index contributed by atoms with van der Waals surface area (Å²) in [6, 6.07) is 15.8. The average molecular weight is 529 g/mol. The van der Waals surface area contributed by atoms with Gasteiger partial charge in [-0.15, -0.1) is 0 Å². The van der Waals surface area contributed by atoms with Crippen molar-refractivity contribution in [2.45, 2.75) is 30.1 Å². The highest BCUT2D eigenvalue weighted by molar-refractivity contribution is 7.90. The molecular weight excluding hydrogens is 500 g/mol. The van der Waals surface area contributed by atoms with Gasteiger partial charge in [-0.1, -0.05) is 48.0 Å². The summed E-state index contributed by atoms with van der Waals surface area (Å²) < 4.78 is 40.5. The van der Waals surface area contributed by atoms with Crippen molar-refractivity contribution < 1.29 is 22.7 Å². The number of fused-ring (bicyclic) bond motifs is 2. The molecule has 9 heteroatoms. The van der Waals surface area contributed by atoms with Gasteiger partial charge in [0, 0.05) is 35.6 Å². The molecule has 1 aliphatic carbocycles. The number of hydrogen-bond donors (Lipinski definition) is 1. The number of carbonyl (C=O) groups excluding carboxylic acids is 1. The van der Waals surface area contributed by atoms with Gasteiger partial charge in [-0.2, -0.15) is 0 Å². The molecule has 5 rings (SSSR count). The highest BCUT2D eigenvalue weighted by Gasteiger charge is 2.34. The lowest BCUT2D eigenvalue weighted by molar-refractivity contribution is -0.121. The number of benzene rings is 3. The number of nitrogens with zero attached hydrogens (tertiary/aromatic N) is 1. The molecule has 1 N–H and O–H groups in total. The van der Waals surface area contributed by atoms with Crippen molar-refractivity contribution in [3.8, 4) is 5.75 Å². The van der Waals surface area contributed by atoms with Crippen LogP contribution in [0.5, 0.6) is 5.75 Å². The summed E-state index contributed by atoms with van der Waals surface area (Å²) in [4.78, 5) is 15.8. The van der Waals surface area contributed by atoms with Crippen LogP contribution >= 0.6 is 11.6 Å². The number of amides is 1. The van der Waals surface area contributed by atoms with Gasteiger partial charge in [0.1, 0.15) is 12.4 Å². The Kier molecular flexibility index (Phi) is 7.48. The van der Waals surface area contributed by atoms with Crippen molar-refractivity contribution in [2.24, 2.45) is 0 Å². The van der Waals surface area contributed by atoms with Crippen molar-refractivity contribution >= 4 is 38.3 Å². The van der Waals surface area contributed by atoms with Gasteiger partial charge >= 0.3 is 0 Å². The number of nitrogens with one attached hydrogen (secondary N) is 1. The summed E-state index contributed by atoms with van der Waals surface area (Å²) in [5.74, 6) is -0.648. The molecule has 1 fully saturated rings. The molecule has 0 saturated carbocycles. The molecule has 1 amide bonds. The van der Waals surface area contributed by atoms with E-state index in [0.29, 0.717) is 54.4 Å². The minimum Gasteiger partial charge on any atom is -0.492 e. The zero-order chi connectivity index (χ0) is 25.1. The first-order valence-corrected chi connectivity index (χ1v) is 14.1. The molecule has 0 spiro atoms. The van der Waals surface area contributed by atoms with Crippen molar-refractivity contribution in [3.05, 3.63) is 70.7 Å². The largest absolute Gasteiger partial charge is 0.492 e. The number of sulfonamides is 1. The average Bonchev–Trinajstić information content (AvgIpc) is 2.90. The molecule has 1 unspecified atom stereocenters. The zero-order valence-electron chi connectivity index (χ0n) is 19.9. The molecule has 0 bridgehead atoms. The predicted molar refractivity (Wildman–Crippen MR) is 139 cm³/mol. The molecule has 1 heterocycles. The van der Waals surface area contributed by atoms with E-state index in [-0.39, 0.29) is 4.90 Å². The van der Waals surface area contributed by atoms with E-state index in [1.54, 1.807) is 30.3 Å². The maximum absolute atomic E-state index is 13.5. The van der Waals surface area contributed by atoms with Crippen LogP contribution in [0.3, 0.4) is 0 Å². The van der Waals surface area contributed by atoms with Gasteiger partial charge in [-0.3, -0.25) is 9.69 Å². The van der Waals surface area contributed by atoms with Gasteiger partial charge in [0.05, 0.1) is 24.0 Å². The van der Waals surface area contributed by atoms with Crippen LogP contribution in [0, 0.1) is 0 Å². The third-order valence-electron chi connectivity index (χ3n) is 6.89. The minimum atomic E-state index is -4.08. The monoisotopic (exact) mass is 528 g/mol. The van der Waals surface area contributed by atoms with Crippen LogP contribution in [0.2, 0.25) is 5.02 Å². The number of halogens is 1.